The Hall–Kier alpha value is -4.06. The number of rotatable bonds is 13. The number of hydrogen-bond donors (Lipinski definition) is 5. The number of benzene rings is 1. The van der Waals surface area contributed by atoms with Crippen molar-refractivity contribution in [3.05, 3.63) is 58.4 Å². The van der Waals surface area contributed by atoms with Crippen LogP contribution in [0.2, 0.25) is 0 Å². The van der Waals surface area contributed by atoms with Gasteiger partial charge < -0.3 is 25.5 Å². The van der Waals surface area contributed by atoms with Crippen molar-refractivity contribution in [3.63, 3.8) is 0 Å². The number of phenolic OH excluding ortho intramolecular Hbond substituents is 1. The predicted molar refractivity (Wildman–Crippen MR) is 170 cm³/mol. The lowest BCUT2D eigenvalue weighted by Gasteiger charge is -2.52. The number of aryl methyl sites for hydroxylation is 1. The molecule has 2 aromatic rings. The minimum Gasteiger partial charge on any atom is -0.508 e. The molecule has 3 aliphatic rings. The number of carbonyl (C=O) groups is 3. The Labute approximate surface area is 279 Å². The molecule has 1 aromatic heterocycles. The van der Waals surface area contributed by atoms with Crippen LogP contribution >= 0.6 is 0 Å². The van der Waals surface area contributed by atoms with Gasteiger partial charge in [-0.15, -0.1) is 0 Å². The van der Waals surface area contributed by atoms with Gasteiger partial charge in [-0.1, -0.05) is 24.8 Å². The number of nitrogens with zero attached hydrogens (tertiary/aromatic N) is 3. The molecule has 0 aliphatic heterocycles. The fourth-order valence-electron chi connectivity index (χ4n) is 8.32. The molecule has 13 nitrogen and oxygen atoms in total. The first-order valence-electron chi connectivity index (χ1n) is 16.1. The Morgan fingerprint density at radius 3 is 2.23 bits per heavy atom. The summed E-state index contributed by atoms with van der Waals surface area (Å²) in [5.74, 6) is 4.23. The van der Waals surface area contributed by atoms with Crippen LogP contribution in [-0.4, -0.2) is 97.3 Å². The molecule has 0 spiro atoms. The van der Waals surface area contributed by atoms with Gasteiger partial charge in [0.15, 0.2) is 0 Å². The number of aliphatic carboxylic acids is 3. The van der Waals surface area contributed by atoms with E-state index in [-0.39, 0.29) is 38.0 Å². The largest absolute Gasteiger partial charge is 0.508 e. The highest BCUT2D eigenvalue weighted by atomic mass is 17.2. The zero-order chi connectivity index (χ0) is 34.6. The van der Waals surface area contributed by atoms with Crippen molar-refractivity contribution in [3.8, 4) is 17.6 Å². The minimum absolute atomic E-state index is 0.0163. The summed E-state index contributed by atoms with van der Waals surface area (Å²) >= 11 is 0. The van der Waals surface area contributed by atoms with E-state index in [1.165, 1.54) is 28.0 Å². The normalized spacial score (nSPS) is 25.9. The summed E-state index contributed by atoms with van der Waals surface area (Å²) in [6, 6.07) is 9.01. The third kappa shape index (κ3) is 7.80. The Bertz CT molecular complexity index is 1590. The van der Waals surface area contributed by atoms with Gasteiger partial charge in [0.05, 0.1) is 38.1 Å². The summed E-state index contributed by atoms with van der Waals surface area (Å²) in [5, 5.41) is 50.3. The highest BCUT2D eigenvalue weighted by Crippen LogP contribution is 2.64. The average molecular weight is 666 g/mol. The maximum absolute atomic E-state index is 12.2. The summed E-state index contributed by atoms with van der Waals surface area (Å²) < 4.78 is 0. The maximum Gasteiger partial charge on any atom is 0.317 e. The van der Waals surface area contributed by atoms with Crippen LogP contribution < -0.4 is 0 Å². The van der Waals surface area contributed by atoms with Gasteiger partial charge in [-0.25, -0.2) is 9.78 Å². The molecule has 0 saturated heterocycles. The molecule has 258 valence electrons. The van der Waals surface area contributed by atoms with E-state index in [1.807, 2.05) is 6.07 Å². The molecule has 2 saturated carbocycles. The number of pyridine rings is 1. The first-order chi connectivity index (χ1) is 22.8. The Morgan fingerprint density at radius 1 is 0.938 bits per heavy atom. The molecular weight excluding hydrogens is 622 g/mol. The first kappa shape index (κ1) is 35.3. The van der Waals surface area contributed by atoms with Crippen LogP contribution in [0.5, 0.6) is 5.75 Å². The predicted octanol–water partition coefficient (Wildman–Crippen LogP) is 2.82. The van der Waals surface area contributed by atoms with Gasteiger partial charge in [0.25, 0.3) is 0 Å². The van der Waals surface area contributed by atoms with Crippen molar-refractivity contribution in [2.45, 2.75) is 70.1 Å². The number of carboxylic acids is 3. The Morgan fingerprint density at radius 2 is 1.58 bits per heavy atom. The van der Waals surface area contributed by atoms with E-state index in [0.717, 1.165) is 32.1 Å². The molecule has 2 fully saturated rings. The quantitative estimate of drug-likeness (QED) is 0.0910. The number of aromatic hydroxyl groups is 1. The van der Waals surface area contributed by atoms with Gasteiger partial charge in [0.2, 0.25) is 0 Å². The van der Waals surface area contributed by atoms with Gasteiger partial charge in [0, 0.05) is 24.1 Å². The van der Waals surface area contributed by atoms with E-state index in [4.69, 9.17) is 4.89 Å². The highest BCUT2D eigenvalue weighted by Gasteiger charge is 2.61. The molecule has 0 radical (unpaired) electrons. The number of fused-ring (bicyclic) bond motifs is 5. The summed E-state index contributed by atoms with van der Waals surface area (Å²) in [5.41, 5.74) is 2.03. The van der Waals surface area contributed by atoms with E-state index in [2.05, 4.69) is 34.7 Å². The first-order valence-corrected chi connectivity index (χ1v) is 16.1. The smallest absolute Gasteiger partial charge is 0.317 e. The van der Waals surface area contributed by atoms with Crippen molar-refractivity contribution in [1.29, 1.82) is 0 Å². The monoisotopic (exact) mass is 665 g/mol. The summed E-state index contributed by atoms with van der Waals surface area (Å²) in [6.45, 7) is 0.434. The van der Waals surface area contributed by atoms with E-state index >= 15 is 0 Å². The van der Waals surface area contributed by atoms with E-state index in [1.54, 1.807) is 18.2 Å². The van der Waals surface area contributed by atoms with Crippen molar-refractivity contribution < 1.29 is 49.7 Å². The van der Waals surface area contributed by atoms with Crippen LogP contribution in [0, 0.1) is 29.1 Å². The van der Waals surface area contributed by atoms with Crippen molar-refractivity contribution in [2.75, 3.05) is 33.5 Å². The Balaban J connectivity index is 1.44. The SMILES string of the molecule is COOCN(CC(=O)O)Cc1cc(C#C[C@]2(O)CCC3C4CCc5cc(O)ccc5C4CC[C@@]32C)cc(CN(CC(=O)O)CC(=O)O)n1. The van der Waals surface area contributed by atoms with Gasteiger partial charge >= 0.3 is 17.9 Å². The molecule has 1 heterocycles. The van der Waals surface area contributed by atoms with Crippen LogP contribution in [-0.2, 0) is 43.7 Å². The standard InChI is InChI=1S/C35H43N3O10/c1-34-10-8-28-27-6-4-26(39)15-23(27)3-5-29(28)30(34)9-12-35(34,46)11-7-22-13-24(16-37(18-31(40)41)19-32(42)43)36-25(14-22)17-38(20-33(44)45)21-48-47-2/h4,6,13-15,28-30,39,46H,3,5,8-10,12,16-21H2,1-2H3,(H,40,41)(H,42,43)(H,44,45)/t28?,29?,30?,34-,35-/m0/s1. The lowest BCUT2D eigenvalue weighted by molar-refractivity contribution is -0.296. The summed E-state index contributed by atoms with van der Waals surface area (Å²) in [4.78, 5) is 51.2. The van der Waals surface area contributed by atoms with Crippen LogP contribution in [0.3, 0.4) is 0 Å². The number of phenols is 1. The number of carboxylic acid groups (broad SMARTS) is 3. The third-order valence-corrected chi connectivity index (χ3v) is 10.4. The van der Waals surface area contributed by atoms with Crippen molar-refractivity contribution in [2.24, 2.45) is 17.3 Å². The molecule has 0 bridgehead atoms. The fraction of sp³-hybridized carbons (Fsp3) is 0.543. The van der Waals surface area contributed by atoms with Crippen molar-refractivity contribution >= 4 is 17.9 Å². The number of aromatic nitrogens is 1. The topological polar surface area (TPSA) is 190 Å². The van der Waals surface area contributed by atoms with E-state index in [9.17, 15) is 39.9 Å². The van der Waals surface area contributed by atoms with Crippen LogP contribution in [0.4, 0.5) is 0 Å². The van der Waals surface area contributed by atoms with Crippen LogP contribution in [0.25, 0.3) is 0 Å². The molecule has 1 aromatic carbocycles. The van der Waals surface area contributed by atoms with Gasteiger partial charge in [0.1, 0.15) is 18.1 Å². The fourth-order valence-corrected chi connectivity index (χ4v) is 8.32. The summed E-state index contributed by atoms with van der Waals surface area (Å²) in [7, 11) is 1.30. The van der Waals surface area contributed by atoms with E-state index in [0.29, 0.717) is 35.2 Å². The number of aliphatic hydroxyl groups is 1. The summed E-state index contributed by atoms with van der Waals surface area (Å²) in [6.07, 6.45) is 4.94. The second-order valence-corrected chi connectivity index (χ2v) is 13.5. The lowest BCUT2D eigenvalue weighted by atomic mass is 9.53. The average Bonchev–Trinajstić information content (AvgIpc) is 3.28. The second-order valence-electron chi connectivity index (χ2n) is 13.5. The molecular formula is C35H43N3O10. The molecule has 13 heteroatoms. The Kier molecular flexibility index (Phi) is 10.7. The maximum atomic E-state index is 12.2. The van der Waals surface area contributed by atoms with Gasteiger partial charge in [-0.2, -0.15) is 0 Å². The van der Waals surface area contributed by atoms with Gasteiger partial charge in [-0.05, 0) is 91.7 Å². The molecule has 5 rings (SSSR count). The zero-order valence-electron chi connectivity index (χ0n) is 27.2. The van der Waals surface area contributed by atoms with Crippen LogP contribution in [0.1, 0.15) is 73.0 Å². The zero-order valence-corrected chi connectivity index (χ0v) is 27.2. The lowest BCUT2D eigenvalue weighted by Crippen LogP contribution is -2.50. The molecule has 0 amide bonds. The molecule has 5 N–H and O–H groups in total. The number of hydrogen-bond acceptors (Lipinski definition) is 10. The second kappa shape index (κ2) is 14.6. The van der Waals surface area contributed by atoms with Crippen LogP contribution in [0.15, 0.2) is 30.3 Å². The minimum atomic E-state index is -1.26. The highest BCUT2D eigenvalue weighted by molar-refractivity contribution is 5.72. The molecule has 3 aliphatic carbocycles. The van der Waals surface area contributed by atoms with Crippen molar-refractivity contribution in [1.82, 2.24) is 14.8 Å². The van der Waals surface area contributed by atoms with E-state index < -0.39 is 42.0 Å². The molecule has 3 unspecified atom stereocenters. The van der Waals surface area contributed by atoms with Gasteiger partial charge in [-0.3, -0.25) is 29.2 Å². The molecule has 48 heavy (non-hydrogen) atoms. The third-order valence-electron chi connectivity index (χ3n) is 10.4. The molecule has 5 atom stereocenters.